The maximum absolute atomic E-state index is 13.1. The summed E-state index contributed by atoms with van der Waals surface area (Å²) in [5.41, 5.74) is 1.21. The van der Waals surface area contributed by atoms with Crippen LogP contribution in [-0.2, 0) is 15.1 Å². The fourth-order valence-corrected chi connectivity index (χ4v) is 3.80. The lowest BCUT2D eigenvalue weighted by atomic mass is 9.88. The topological polar surface area (TPSA) is 109 Å². The van der Waals surface area contributed by atoms with Gasteiger partial charge in [0.05, 0.1) is 11.4 Å². The van der Waals surface area contributed by atoms with E-state index in [9.17, 15) is 14.4 Å². The normalized spacial score (nSPS) is 18.2. The Labute approximate surface area is 183 Å². The number of halogens is 1. The molecule has 0 aliphatic carbocycles. The summed E-state index contributed by atoms with van der Waals surface area (Å²) in [6, 6.07) is 11.6. The zero-order valence-electron chi connectivity index (χ0n) is 16.8. The Morgan fingerprint density at radius 3 is 2.71 bits per heavy atom. The van der Waals surface area contributed by atoms with Crippen LogP contribution in [0.5, 0.6) is 0 Å². The number of amides is 4. The minimum atomic E-state index is -1.25. The molecule has 0 spiro atoms. The Morgan fingerprint density at radius 2 is 2.00 bits per heavy atom. The number of aryl methyl sites for hydroxylation is 1. The van der Waals surface area contributed by atoms with Crippen molar-refractivity contribution in [3.63, 3.8) is 0 Å². The average molecular weight is 439 g/mol. The highest BCUT2D eigenvalue weighted by Crippen LogP contribution is 2.31. The fraction of sp³-hybridized carbons (Fsp3) is 0.190. The molecule has 4 amide bonds. The quantitative estimate of drug-likeness (QED) is 0.595. The number of nitrogens with zero attached hydrogens (tertiary/aromatic N) is 4. The summed E-state index contributed by atoms with van der Waals surface area (Å²) >= 11 is 6.07. The molecule has 10 heteroatoms. The van der Waals surface area contributed by atoms with Gasteiger partial charge >= 0.3 is 6.03 Å². The average Bonchev–Trinajstić information content (AvgIpc) is 3.32. The van der Waals surface area contributed by atoms with Crippen molar-refractivity contribution >= 4 is 35.1 Å². The van der Waals surface area contributed by atoms with Crippen molar-refractivity contribution in [1.82, 2.24) is 25.0 Å². The van der Waals surface area contributed by atoms with Crippen molar-refractivity contribution in [3.8, 4) is 5.69 Å². The monoisotopic (exact) mass is 438 g/mol. The van der Waals surface area contributed by atoms with Gasteiger partial charge in [0.2, 0.25) is 5.91 Å². The van der Waals surface area contributed by atoms with Gasteiger partial charge in [-0.3, -0.25) is 14.5 Å². The molecule has 9 nitrogen and oxygen atoms in total. The van der Waals surface area contributed by atoms with Gasteiger partial charge in [-0.1, -0.05) is 35.9 Å². The smallest absolute Gasteiger partial charge is 0.323 e. The Balaban J connectivity index is 1.55. The van der Waals surface area contributed by atoms with E-state index in [0.29, 0.717) is 22.0 Å². The molecule has 2 heterocycles. The largest absolute Gasteiger partial charge is 0.325 e. The molecule has 3 aromatic rings. The van der Waals surface area contributed by atoms with E-state index in [1.807, 2.05) is 19.1 Å². The SMILES string of the molecule is Cc1ccccc1C1(C)NC(=O)N(CC(=O)Nc2cc(Cl)ccc2-n2cncn2)C1=O. The molecule has 0 saturated carbocycles. The molecular formula is C21H19ClN6O3. The number of imide groups is 1. The van der Waals surface area contributed by atoms with Gasteiger partial charge in [0.15, 0.2) is 0 Å². The maximum atomic E-state index is 13.1. The number of carbonyl (C=O) groups is 3. The van der Waals surface area contributed by atoms with E-state index in [1.54, 1.807) is 37.3 Å². The first-order valence-corrected chi connectivity index (χ1v) is 9.82. The van der Waals surface area contributed by atoms with Crippen molar-refractivity contribution in [2.45, 2.75) is 19.4 Å². The lowest BCUT2D eigenvalue weighted by Crippen LogP contribution is -2.42. The second-order valence-corrected chi connectivity index (χ2v) is 7.75. The second kappa shape index (κ2) is 7.84. The molecule has 2 aromatic carbocycles. The fourth-order valence-electron chi connectivity index (χ4n) is 3.63. The molecule has 4 rings (SSSR count). The van der Waals surface area contributed by atoms with Crippen LogP contribution in [0.4, 0.5) is 10.5 Å². The third-order valence-corrected chi connectivity index (χ3v) is 5.39. The molecule has 0 bridgehead atoms. The number of anilines is 1. The Morgan fingerprint density at radius 1 is 1.23 bits per heavy atom. The molecule has 1 aliphatic rings. The number of benzene rings is 2. The van der Waals surface area contributed by atoms with E-state index in [4.69, 9.17) is 11.6 Å². The molecule has 1 atom stereocenters. The van der Waals surface area contributed by atoms with E-state index < -0.39 is 29.9 Å². The summed E-state index contributed by atoms with van der Waals surface area (Å²) in [7, 11) is 0. The predicted octanol–water partition coefficient (Wildman–Crippen LogP) is 2.63. The summed E-state index contributed by atoms with van der Waals surface area (Å²) in [5.74, 6) is -1.05. The van der Waals surface area contributed by atoms with Crippen LogP contribution in [0.2, 0.25) is 5.02 Å². The van der Waals surface area contributed by atoms with E-state index in [-0.39, 0.29) is 0 Å². The van der Waals surface area contributed by atoms with Crippen molar-refractivity contribution in [2.75, 3.05) is 11.9 Å². The van der Waals surface area contributed by atoms with Crippen molar-refractivity contribution in [2.24, 2.45) is 0 Å². The van der Waals surface area contributed by atoms with Gasteiger partial charge in [0.1, 0.15) is 24.7 Å². The molecule has 158 valence electrons. The summed E-state index contributed by atoms with van der Waals surface area (Å²) in [5, 5.41) is 9.87. The molecule has 1 aromatic heterocycles. The number of nitrogens with one attached hydrogen (secondary N) is 2. The van der Waals surface area contributed by atoms with Gasteiger partial charge in [0.25, 0.3) is 5.91 Å². The molecular weight excluding hydrogens is 420 g/mol. The minimum Gasteiger partial charge on any atom is -0.323 e. The second-order valence-electron chi connectivity index (χ2n) is 7.31. The maximum Gasteiger partial charge on any atom is 0.325 e. The van der Waals surface area contributed by atoms with Crippen LogP contribution >= 0.6 is 11.6 Å². The molecule has 0 radical (unpaired) electrons. The summed E-state index contributed by atoms with van der Waals surface area (Å²) in [6.45, 7) is 3.04. The summed E-state index contributed by atoms with van der Waals surface area (Å²) in [6.07, 6.45) is 2.84. The number of rotatable bonds is 5. The third kappa shape index (κ3) is 3.75. The van der Waals surface area contributed by atoms with Gasteiger partial charge in [-0.05, 0) is 43.2 Å². The molecule has 2 N–H and O–H groups in total. The number of aromatic nitrogens is 3. The van der Waals surface area contributed by atoms with Crippen molar-refractivity contribution < 1.29 is 14.4 Å². The predicted molar refractivity (Wildman–Crippen MR) is 114 cm³/mol. The van der Waals surface area contributed by atoms with E-state index in [2.05, 4.69) is 20.7 Å². The first-order chi connectivity index (χ1) is 14.8. The highest BCUT2D eigenvalue weighted by Gasteiger charge is 2.50. The molecule has 1 saturated heterocycles. The van der Waals surface area contributed by atoms with Gasteiger partial charge in [-0.25, -0.2) is 14.5 Å². The Kier molecular flexibility index (Phi) is 5.20. The van der Waals surface area contributed by atoms with E-state index >= 15 is 0 Å². The lowest BCUT2D eigenvalue weighted by molar-refractivity contribution is -0.133. The van der Waals surface area contributed by atoms with Crippen molar-refractivity contribution in [1.29, 1.82) is 0 Å². The van der Waals surface area contributed by atoms with E-state index in [1.165, 1.54) is 17.3 Å². The van der Waals surface area contributed by atoms with Crippen LogP contribution in [0.25, 0.3) is 5.69 Å². The number of hydrogen-bond acceptors (Lipinski definition) is 5. The highest BCUT2D eigenvalue weighted by molar-refractivity contribution is 6.31. The van der Waals surface area contributed by atoms with Gasteiger partial charge in [-0.2, -0.15) is 5.10 Å². The zero-order valence-corrected chi connectivity index (χ0v) is 17.6. The first kappa shape index (κ1) is 20.5. The van der Waals surface area contributed by atoms with Gasteiger partial charge in [-0.15, -0.1) is 0 Å². The Bertz CT molecular complexity index is 1180. The van der Waals surface area contributed by atoms with Crippen LogP contribution in [-0.4, -0.2) is 44.1 Å². The Hall–Kier alpha value is -3.72. The molecule has 1 fully saturated rings. The van der Waals surface area contributed by atoms with Crippen LogP contribution in [0.15, 0.2) is 55.1 Å². The zero-order chi connectivity index (χ0) is 22.2. The van der Waals surface area contributed by atoms with Crippen LogP contribution < -0.4 is 10.6 Å². The number of hydrogen-bond donors (Lipinski definition) is 2. The molecule has 1 aliphatic heterocycles. The minimum absolute atomic E-state index is 0.372. The molecule has 1 unspecified atom stereocenters. The van der Waals surface area contributed by atoms with Crippen LogP contribution in [0.1, 0.15) is 18.1 Å². The highest BCUT2D eigenvalue weighted by atomic mass is 35.5. The first-order valence-electron chi connectivity index (χ1n) is 9.44. The number of carbonyl (C=O) groups excluding carboxylic acids is 3. The van der Waals surface area contributed by atoms with Crippen LogP contribution in [0.3, 0.4) is 0 Å². The number of urea groups is 1. The summed E-state index contributed by atoms with van der Waals surface area (Å²) < 4.78 is 1.47. The standard InChI is InChI=1S/C21H19ClN6O3/c1-13-5-3-4-6-15(13)21(2)19(30)27(20(31)26-21)10-18(29)25-16-9-14(22)7-8-17(16)28-12-23-11-24-28/h3-9,11-12H,10H2,1-2H3,(H,25,29)(H,26,31). The van der Waals surface area contributed by atoms with Gasteiger partial charge in [0, 0.05) is 5.02 Å². The van der Waals surface area contributed by atoms with Crippen molar-refractivity contribution in [3.05, 3.63) is 71.3 Å². The van der Waals surface area contributed by atoms with E-state index in [0.717, 1.165) is 10.5 Å². The third-order valence-electron chi connectivity index (χ3n) is 5.16. The van der Waals surface area contributed by atoms with Gasteiger partial charge < -0.3 is 10.6 Å². The lowest BCUT2D eigenvalue weighted by Gasteiger charge is -2.24. The summed E-state index contributed by atoms with van der Waals surface area (Å²) in [4.78, 5) is 43.2. The van der Waals surface area contributed by atoms with Crippen LogP contribution in [0, 0.1) is 6.92 Å². The molecule has 31 heavy (non-hydrogen) atoms.